The molecule has 8 nitrogen and oxygen atoms in total. The molecule has 0 amide bonds. The lowest BCUT2D eigenvalue weighted by molar-refractivity contribution is 0.0691. The number of hydrazone groups is 1. The van der Waals surface area contributed by atoms with Gasteiger partial charge in [-0.05, 0) is 53.2 Å². The minimum absolute atomic E-state index is 0.0802. The van der Waals surface area contributed by atoms with Gasteiger partial charge in [0.1, 0.15) is 5.75 Å². The lowest BCUT2D eigenvalue weighted by Gasteiger charge is -2.34. The molecule has 1 aromatic rings. The molecule has 1 aliphatic carbocycles. The molecule has 2 unspecified atom stereocenters. The molecule has 1 aliphatic heterocycles. The summed E-state index contributed by atoms with van der Waals surface area (Å²) in [7, 11) is 4.07. The third-order valence-corrected chi connectivity index (χ3v) is 5.47. The highest BCUT2D eigenvalue weighted by Gasteiger charge is 2.46. The SMILES string of the molecule is CN(C)CCCN1N=CC2(C)c3[nH]c(=O)c(C(=O)O)c(O)c3CCCC12. The first-order chi connectivity index (χ1) is 12.3. The van der Waals surface area contributed by atoms with Crippen molar-refractivity contribution in [1.29, 1.82) is 0 Å². The molecule has 3 N–H and O–H groups in total. The Morgan fingerprint density at radius 2 is 2.23 bits per heavy atom. The maximum atomic E-state index is 12.3. The van der Waals surface area contributed by atoms with E-state index in [1.165, 1.54) is 0 Å². The number of rotatable bonds is 5. The molecule has 8 heteroatoms. The number of aromatic hydroxyl groups is 1. The van der Waals surface area contributed by atoms with Crippen molar-refractivity contribution in [3.8, 4) is 5.75 Å². The van der Waals surface area contributed by atoms with Crippen LogP contribution in [0, 0.1) is 0 Å². The highest BCUT2D eigenvalue weighted by molar-refractivity contribution is 5.91. The molecule has 0 spiro atoms. The van der Waals surface area contributed by atoms with Crippen LogP contribution < -0.4 is 5.56 Å². The summed E-state index contributed by atoms with van der Waals surface area (Å²) in [4.78, 5) is 28.5. The second kappa shape index (κ2) is 6.75. The number of nitrogens with zero attached hydrogens (tertiary/aromatic N) is 3. The molecule has 2 atom stereocenters. The van der Waals surface area contributed by atoms with Crippen molar-refractivity contribution >= 4 is 12.2 Å². The Kier molecular flexibility index (Phi) is 4.79. The Balaban J connectivity index is 1.98. The van der Waals surface area contributed by atoms with Crippen LogP contribution in [0.2, 0.25) is 0 Å². The second-order valence-corrected chi connectivity index (χ2v) is 7.59. The molecule has 0 fully saturated rings. The van der Waals surface area contributed by atoms with E-state index in [0.29, 0.717) is 17.7 Å². The maximum Gasteiger partial charge on any atom is 0.345 e. The number of hydrogen-bond donors (Lipinski definition) is 3. The van der Waals surface area contributed by atoms with Crippen molar-refractivity contribution in [2.45, 2.75) is 44.1 Å². The summed E-state index contributed by atoms with van der Waals surface area (Å²) < 4.78 is 0. The Labute approximate surface area is 152 Å². The number of aromatic amines is 1. The van der Waals surface area contributed by atoms with Crippen molar-refractivity contribution in [3.05, 3.63) is 27.2 Å². The number of nitrogens with one attached hydrogen (secondary N) is 1. The Morgan fingerprint density at radius 3 is 2.88 bits per heavy atom. The fourth-order valence-corrected chi connectivity index (χ4v) is 4.11. The Morgan fingerprint density at radius 1 is 1.50 bits per heavy atom. The monoisotopic (exact) mass is 362 g/mol. The molecule has 0 saturated heterocycles. The van der Waals surface area contributed by atoms with Gasteiger partial charge in [0.2, 0.25) is 0 Å². The quantitative estimate of drug-likeness (QED) is 0.721. The number of carboxylic acids is 1. The van der Waals surface area contributed by atoms with Gasteiger partial charge in [-0.3, -0.25) is 9.80 Å². The molecule has 0 radical (unpaired) electrons. The van der Waals surface area contributed by atoms with Crippen LogP contribution in [0.1, 0.15) is 47.8 Å². The number of carbonyl (C=O) groups is 1. The summed E-state index contributed by atoms with van der Waals surface area (Å²) in [5.74, 6) is -1.82. The molecule has 0 aromatic carbocycles. The topological polar surface area (TPSA) is 109 Å². The molecule has 0 saturated carbocycles. The van der Waals surface area contributed by atoms with Gasteiger partial charge in [0.25, 0.3) is 5.56 Å². The largest absolute Gasteiger partial charge is 0.506 e. The van der Waals surface area contributed by atoms with Crippen LogP contribution >= 0.6 is 0 Å². The lowest BCUT2D eigenvalue weighted by atomic mass is 9.78. The summed E-state index contributed by atoms with van der Waals surface area (Å²) in [6.07, 6.45) is 4.98. The van der Waals surface area contributed by atoms with Crippen LogP contribution in [-0.2, 0) is 11.8 Å². The first-order valence-corrected chi connectivity index (χ1v) is 8.94. The number of aromatic nitrogens is 1. The highest BCUT2D eigenvalue weighted by atomic mass is 16.4. The number of hydrogen-bond acceptors (Lipinski definition) is 6. The van der Waals surface area contributed by atoms with Crippen LogP contribution in [0.3, 0.4) is 0 Å². The van der Waals surface area contributed by atoms with Gasteiger partial charge in [0.15, 0.2) is 5.56 Å². The predicted octanol–water partition coefficient (Wildman–Crippen LogP) is 0.994. The zero-order chi connectivity index (χ0) is 19.1. The number of pyridine rings is 1. The highest BCUT2D eigenvalue weighted by Crippen LogP contribution is 2.42. The zero-order valence-corrected chi connectivity index (χ0v) is 15.4. The summed E-state index contributed by atoms with van der Waals surface area (Å²) in [6, 6.07) is 0.0802. The van der Waals surface area contributed by atoms with Gasteiger partial charge in [-0.2, -0.15) is 5.10 Å². The number of fused-ring (bicyclic) bond motifs is 3. The minimum Gasteiger partial charge on any atom is -0.506 e. The minimum atomic E-state index is -1.41. The molecule has 2 heterocycles. The van der Waals surface area contributed by atoms with E-state index >= 15 is 0 Å². The summed E-state index contributed by atoms with van der Waals surface area (Å²) in [6.45, 7) is 3.77. The summed E-state index contributed by atoms with van der Waals surface area (Å²) in [5.41, 5.74) is -0.795. The molecule has 26 heavy (non-hydrogen) atoms. The van der Waals surface area contributed by atoms with Gasteiger partial charge in [-0.1, -0.05) is 0 Å². The van der Waals surface area contributed by atoms with Gasteiger partial charge in [-0.15, -0.1) is 0 Å². The first-order valence-electron chi connectivity index (χ1n) is 8.94. The fourth-order valence-electron chi connectivity index (χ4n) is 4.11. The maximum absolute atomic E-state index is 12.3. The van der Waals surface area contributed by atoms with Crippen LogP contribution in [0.25, 0.3) is 0 Å². The fraction of sp³-hybridized carbons (Fsp3) is 0.611. The van der Waals surface area contributed by atoms with Crippen LogP contribution in [0.4, 0.5) is 0 Å². The third kappa shape index (κ3) is 2.98. The van der Waals surface area contributed by atoms with E-state index in [1.807, 2.05) is 27.2 Å². The molecular formula is C18H26N4O4. The van der Waals surface area contributed by atoms with E-state index in [2.05, 4.69) is 20.0 Å². The predicted molar refractivity (Wildman–Crippen MR) is 98.1 cm³/mol. The Hall–Kier alpha value is -2.35. The second-order valence-electron chi connectivity index (χ2n) is 7.59. The van der Waals surface area contributed by atoms with Gasteiger partial charge in [0.05, 0.1) is 11.5 Å². The normalized spacial score (nSPS) is 24.5. The van der Waals surface area contributed by atoms with Crippen LogP contribution in [0.15, 0.2) is 9.90 Å². The van der Waals surface area contributed by atoms with E-state index in [1.54, 1.807) is 0 Å². The van der Waals surface area contributed by atoms with Gasteiger partial charge in [-0.25, -0.2) is 4.79 Å². The summed E-state index contributed by atoms with van der Waals surface area (Å²) >= 11 is 0. The average Bonchev–Trinajstić information content (AvgIpc) is 2.78. The lowest BCUT2D eigenvalue weighted by Crippen LogP contribution is -2.44. The molecule has 142 valence electrons. The van der Waals surface area contributed by atoms with Crippen LogP contribution in [0.5, 0.6) is 5.75 Å². The summed E-state index contributed by atoms with van der Waals surface area (Å²) in [5, 5.41) is 26.3. The smallest absolute Gasteiger partial charge is 0.345 e. The van der Waals surface area contributed by atoms with E-state index in [4.69, 9.17) is 0 Å². The molecular weight excluding hydrogens is 336 g/mol. The number of H-pyrrole nitrogens is 1. The van der Waals surface area contributed by atoms with Crippen LogP contribution in [-0.4, -0.2) is 70.5 Å². The van der Waals surface area contributed by atoms with E-state index in [0.717, 1.165) is 32.4 Å². The van der Waals surface area contributed by atoms with Crippen molar-refractivity contribution < 1.29 is 15.0 Å². The standard InChI is InChI=1S/C18H26N4O4/c1-18-10-19-22(9-5-8-21(2)3)12(18)7-4-6-11-14(23)13(17(25)26)16(24)20-15(11)18/h10,12H,4-9H2,1-3H3,(H,25,26)(H2,20,23,24). The van der Waals surface area contributed by atoms with Crippen molar-refractivity contribution in [2.24, 2.45) is 5.10 Å². The molecule has 0 bridgehead atoms. The Bertz CT molecular complexity index is 801. The zero-order valence-electron chi connectivity index (χ0n) is 15.4. The number of aromatic carboxylic acids is 1. The third-order valence-electron chi connectivity index (χ3n) is 5.47. The molecule has 2 aliphatic rings. The van der Waals surface area contributed by atoms with Crippen molar-refractivity contribution in [1.82, 2.24) is 14.9 Å². The van der Waals surface area contributed by atoms with Gasteiger partial charge in [0, 0.05) is 24.0 Å². The average molecular weight is 362 g/mol. The van der Waals surface area contributed by atoms with Gasteiger partial charge < -0.3 is 20.1 Å². The van der Waals surface area contributed by atoms with E-state index < -0.39 is 28.3 Å². The molecule has 1 aromatic heterocycles. The van der Waals surface area contributed by atoms with Crippen molar-refractivity contribution in [3.63, 3.8) is 0 Å². The van der Waals surface area contributed by atoms with E-state index in [9.17, 15) is 19.8 Å². The first kappa shape index (κ1) is 18.4. The van der Waals surface area contributed by atoms with Crippen molar-refractivity contribution in [2.75, 3.05) is 27.2 Å². The van der Waals surface area contributed by atoms with E-state index in [-0.39, 0.29) is 6.04 Å². The molecule has 3 rings (SSSR count). The van der Waals surface area contributed by atoms with Gasteiger partial charge >= 0.3 is 5.97 Å². The number of carboxylic acid groups (broad SMARTS) is 1.